The van der Waals surface area contributed by atoms with Gasteiger partial charge in [-0.1, -0.05) is 36.4 Å². The van der Waals surface area contributed by atoms with Gasteiger partial charge in [0.25, 0.3) is 0 Å². The molecule has 1 aliphatic heterocycles. The van der Waals surface area contributed by atoms with E-state index in [1.54, 1.807) is 48.5 Å². The maximum absolute atomic E-state index is 12.1. The second-order valence-electron chi connectivity index (χ2n) is 6.25. The van der Waals surface area contributed by atoms with E-state index in [1.807, 2.05) is 0 Å². The first kappa shape index (κ1) is 20.0. The van der Waals surface area contributed by atoms with Crippen LogP contribution in [-0.2, 0) is 14.2 Å². The Morgan fingerprint density at radius 2 is 1.36 bits per heavy atom. The van der Waals surface area contributed by atoms with Gasteiger partial charge in [-0.15, -0.1) is 0 Å². The van der Waals surface area contributed by atoms with Gasteiger partial charge in [0, 0.05) is 0 Å². The molecule has 8 heteroatoms. The Labute approximate surface area is 160 Å². The molecule has 0 aliphatic carbocycles. The summed E-state index contributed by atoms with van der Waals surface area (Å²) < 4.78 is 15.3. The lowest BCUT2D eigenvalue weighted by Gasteiger charge is -2.39. The fraction of sp³-hybridized carbons (Fsp3) is 0.300. The maximum atomic E-state index is 12.1. The molecular formula is C20H20O8. The van der Waals surface area contributed by atoms with Crippen molar-refractivity contribution in [3.63, 3.8) is 0 Å². The van der Waals surface area contributed by atoms with E-state index in [9.17, 15) is 24.9 Å². The van der Waals surface area contributed by atoms with Crippen LogP contribution < -0.4 is 0 Å². The molecule has 2 aromatic rings. The molecule has 5 atom stereocenters. The third-order valence-electron chi connectivity index (χ3n) is 4.30. The largest absolute Gasteiger partial charge is 0.459 e. The summed E-state index contributed by atoms with van der Waals surface area (Å²) >= 11 is 0. The third-order valence-corrected chi connectivity index (χ3v) is 4.30. The number of carbonyl (C=O) groups is 2. The van der Waals surface area contributed by atoms with Gasteiger partial charge in [-0.25, -0.2) is 9.59 Å². The molecule has 8 nitrogen and oxygen atoms in total. The average molecular weight is 388 g/mol. The topological polar surface area (TPSA) is 123 Å². The van der Waals surface area contributed by atoms with Crippen molar-refractivity contribution in [1.29, 1.82) is 0 Å². The molecule has 2 aromatic carbocycles. The first-order valence-corrected chi connectivity index (χ1v) is 8.65. The number of hydrogen-bond donors (Lipinski definition) is 3. The SMILES string of the molecule is O=C(OC[C@H]1O[C@H](O)[C@@H](OC(=O)c2ccccc2)[C@@H](O)[C@@H]1O)c1ccccc1. The zero-order valence-corrected chi connectivity index (χ0v) is 14.8. The van der Waals surface area contributed by atoms with Crippen LogP contribution in [0, 0.1) is 0 Å². The van der Waals surface area contributed by atoms with Gasteiger partial charge in [-0.3, -0.25) is 0 Å². The van der Waals surface area contributed by atoms with Crippen molar-refractivity contribution >= 4 is 11.9 Å². The lowest BCUT2D eigenvalue weighted by Crippen LogP contribution is -2.60. The van der Waals surface area contributed by atoms with E-state index in [-0.39, 0.29) is 5.56 Å². The summed E-state index contributed by atoms with van der Waals surface area (Å²) in [7, 11) is 0. The second-order valence-corrected chi connectivity index (χ2v) is 6.25. The molecule has 1 aliphatic rings. The predicted molar refractivity (Wildman–Crippen MR) is 95.3 cm³/mol. The van der Waals surface area contributed by atoms with Crippen molar-refractivity contribution in [1.82, 2.24) is 0 Å². The van der Waals surface area contributed by atoms with Crippen molar-refractivity contribution in [2.45, 2.75) is 30.7 Å². The molecule has 0 spiro atoms. The molecule has 148 valence electrons. The summed E-state index contributed by atoms with van der Waals surface area (Å²) in [5.74, 6) is -1.42. The van der Waals surface area contributed by atoms with Crippen LogP contribution in [-0.4, -0.2) is 64.6 Å². The van der Waals surface area contributed by atoms with Gasteiger partial charge in [0.15, 0.2) is 12.4 Å². The van der Waals surface area contributed by atoms with Gasteiger partial charge >= 0.3 is 11.9 Å². The van der Waals surface area contributed by atoms with Crippen LogP contribution >= 0.6 is 0 Å². The summed E-state index contributed by atoms with van der Waals surface area (Å²) in [4.78, 5) is 24.1. The summed E-state index contributed by atoms with van der Waals surface area (Å²) in [5, 5.41) is 30.6. The first-order valence-electron chi connectivity index (χ1n) is 8.65. The van der Waals surface area contributed by atoms with Crippen LogP contribution in [0.3, 0.4) is 0 Å². The highest BCUT2D eigenvalue weighted by atomic mass is 16.7. The molecule has 0 saturated carbocycles. The standard InChI is InChI=1S/C20H20O8/c21-15-14(11-26-18(23)12-7-3-1-4-8-12)27-20(25)17(16(15)22)28-19(24)13-9-5-2-6-10-13/h1-10,14-17,20-22,25H,11H2/t14-,15-,16+,17+,20+/m1/s1. The Morgan fingerprint density at radius 1 is 0.821 bits per heavy atom. The third kappa shape index (κ3) is 4.55. The van der Waals surface area contributed by atoms with E-state index in [2.05, 4.69) is 0 Å². The van der Waals surface area contributed by atoms with Gasteiger partial charge < -0.3 is 29.5 Å². The molecule has 0 unspecified atom stereocenters. The number of benzene rings is 2. The zero-order chi connectivity index (χ0) is 20.1. The molecule has 0 aromatic heterocycles. The number of rotatable bonds is 5. The minimum absolute atomic E-state index is 0.218. The van der Waals surface area contributed by atoms with E-state index in [1.165, 1.54) is 12.1 Å². The van der Waals surface area contributed by atoms with Crippen molar-refractivity contribution < 1.29 is 39.1 Å². The van der Waals surface area contributed by atoms with E-state index < -0.39 is 49.3 Å². The molecule has 0 radical (unpaired) electrons. The molecule has 1 saturated heterocycles. The number of carbonyl (C=O) groups excluding carboxylic acids is 2. The zero-order valence-electron chi connectivity index (χ0n) is 14.8. The van der Waals surface area contributed by atoms with Crippen LogP contribution in [0.15, 0.2) is 60.7 Å². The van der Waals surface area contributed by atoms with Crippen molar-refractivity contribution in [3.8, 4) is 0 Å². The average Bonchev–Trinajstić information content (AvgIpc) is 2.73. The van der Waals surface area contributed by atoms with Gasteiger partial charge in [0.05, 0.1) is 11.1 Å². The number of aliphatic hydroxyl groups is 3. The molecule has 0 bridgehead atoms. The van der Waals surface area contributed by atoms with Crippen LogP contribution in [0.5, 0.6) is 0 Å². The summed E-state index contributed by atoms with van der Waals surface area (Å²) in [5.41, 5.74) is 0.527. The quantitative estimate of drug-likeness (QED) is 0.633. The molecule has 28 heavy (non-hydrogen) atoms. The van der Waals surface area contributed by atoms with Gasteiger partial charge in [-0.2, -0.15) is 0 Å². The van der Waals surface area contributed by atoms with E-state index in [0.29, 0.717) is 5.56 Å². The normalized spacial score (nSPS) is 27.0. The minimum Gasteiger partial charge on any atom is -0.459 e. The van der Waals surface area contributed by atoms with E-state index in [0.717, 1.165) is 0 Å². The fourth-order valence-corrected chi connectivity index (χ4v) is 2.77. The van der Waals surface area contributed by atoms with Crippen LogP contribution in [0.2, 0.25) is 0 Å². The highest BCUT2D eigenvalue weighted by Crippen LogP contribution is 2.24. The second kappa shape index (κ2) is 8.94. The van der Waals surface area contributed by atoms with Crippen molar-refractivity contribution in [2.75, 3.05) is 6.61 Å². The van der Waals surface area contributed by atoms with Crippen LogP contribution in [0.1, 0.15) is 20.7 Å². The molecule has 3 N–H and O–H groups in total. The molecular weight excluding hydrogens is 368 g/mol. The van der Waals surface area contributed by atoms with Crippen molar-refractivity contribution in [3.05, 3.63) is 71.8 Å². The summed E-state index contributed by atoms with van der Waals surface area (Å²) in [6.07, 6.45) is -7.56. The number of aliphatic hydroxyl groups excluding tert-OH is 3. The Kier molecular flexibility index (Phi) is 6.37. The predicted octanol–water partition coefficient (Wildman–Crippen LogP) is 0.508. The Morgan fingerprint density at radius 3 is 1.93 bits per heavy atom. The first-order chi connectivity index (χ1) is 13.5. The van der Waals surface area contributed by atoms with E-state index >= 15 is 0 Å². The highest BCUT2D eigenvalue weighted by molar-refractivity contribution is 5.89. The number of hydrogen-bond acceptors (Lipinski definition) is 8. The van der Waals surface area contributed by atoms with Crippen molar-refractivity contribution in [2.24, 2.45) is 0 Å². The van der Waals surface area contributed by atoms with Gasteiger partial charge in [-0.05, 0) is 24.3 Å². The minimum atomic E-state index is -1.70. The Hall–Kier alpha value is -2.78. The Bertz CT molecular complexity index is 792. The fourth-order valence-electron chi connectivity index (χ4n) is 2.77. The lowest BCUT2D eigenvalue weighted by molar-refractivity contribution is -0.285. The molecule has 1 fully saturated rings. The molecule has 1 heterocycles. The molecule has 3 rings (SSSR count). The highest BCUT2D eigenvalue weighted by Gasteiger charge is 2.46. The smallest absolute Gasteiger partial charge is 0.338 e. The van der Waals surface area contributed by atoms with Gasteiger partial charge in [0.2, 0.25) is 0 Å². The van der Waals surface area contributed by atoms with Crippen LogP contribution in [0.4, 0.5) is 0 Å². The maximum Gasteiger partial charge on any atom is 0.338 e. The van der Waals surface area contributed by atoms with Gasteiger partial charge in [0.1, 0.15) is 24.9 Å². The molecule has 0 amide bonds. The number of ether oxygens (including phenoxy) is 3. The van der Waals surface area contributed by atoms with Crippen LogP contribution in [0.25, 0.3) is 0 Å². The lowest BCUT2D eigenvalue weighted by atomic mass is 9.99. The summed E-state index contributed by atoms with van der Waals surface area (Å²) in [6.45, 7) is -0.400. The van der Waals surface area contributed by atoms with E-state index in [4.69, 9.17) is 14.2 Å². The number of esters is 2. The monoisotopic (exact) mass is 388 g/mol. The Balaban J connectivity index is 1.58. The summed E-state index contributed by atoms with van der Waals surface area (Å²) in [6, 6.07) is 16.2.